The van der Waals surface area contributed by atoms with Crippen molar-refractivity contribution in [2.45, 2.75) is 46.1 Å². The molecule has 16 heavy (non-hydrogen) atoms. The lowest BCUT2D eigenvalue weighted by atomic mass is 9.75. The van der Waals surface area contributed by atoms with Gasteiger partial charge < -0.3 is 4.74 Å². The molecule has 1 aliphatic carbocycles. The van der Waals surface area contributed by atoms with Gasteiger partial charge in [0.1, 0.15) is 6.10 Å². The molecule has 1 fully saturated rings. The molecule has 0 N–H and O–H groups in total. The Morgan fingerprint density at radius 2 is 2.19 bits per heavy atom. The Morgan fingerprint density at radius 3 is 2.75 bits per heavy atom. The predicted octanol–water partition coefficient (Wildman–Crippen LogP) is 3.89. The number of azide groups is 1. The second-order valence-electron chi connectivity index (χ2n) is 4.94. The van der Waals surface area contributed by atoms with E-state index in [4.69, 9.17) is 10.3 Å². The third kappa shape index (κ3) is 3.42. The predicted molar refractivity (Wildman–Crippen MR) is 60.8 cm³/mol. The summed E-state index contributed by atoms with van der Waals surface area (Å²) >= 11 is 0. The van der Waals surface area contributed by atoms with Gasteiger partial charge in [0, 0.05) is 10.0 Å². The molecule has 1 aliphatic rings. The molecule has 1 amide bonds. The Balaban J connectivity index is 2.64. The van der Waals surface area contributed by atoms with Gasteiger partial charge in [0.15, 0.2) is 0 Å². The summed E-state index contributed by atoms with van der Waals surface area (Å²) in [5.41, 5.74) is 8.15. The average molecular weight is 225 g/mol. The van der Waals surface area contributed by atoms with E-state index in [2.05, 4.69) is 30.8 Å². The number of hydrogen-bond donors (Lipinski definition) is 0. The average Bonchev–Trinajstić information content (AvgIpc) is 2.17. The van der Waals surface area contributed by atoms with E-state index >= 15 is 0 Å². The van der Waals surface area contributed by atoms with Gasteiger partial charge in [-0.25, -0.2) is 4.79 Å². The van der Waals surface area contributed by atoms with Crippen LogP contribution in [0.15, 0.2) is 5.11 Å². The van der Waals surface area contributed by atoms with Gasteiger partial charge >= 0.3 is 6.09 Å². The maximum atomic E-state index is 11.1. The Labute approximate surface area is 95.8 Å². The molecule has 0 aliphatic heterocycles. The molecule has 0 spiro atoms. The monoisotopic (exact) mass is 225 g/mol. The highest BCUT2D eigenvalue weighted by Gasteiger charge is 2.33. The fourth-order valence-corrected chi connectivity index (χ4v) is 2.44. The van der Waals surface area contributed by atoms with Crippen LogP contribution >= 0.6 is 0 Å². The minimum atomic E-state index is -0.799. The second kappa shape index (κ2) is 5.75. The van der Waals surface area contributed by atoms with E-state index in [-0.39, 0.29) is 6.10 Å². The minimum absolute atomic E-state index is 0.0956. The van der Waals surface area contributed by atoms with Gasteiger partial charge in [-0.15, -0.1) is 0 Å². The maximum absolute atomic E-state index is 11.1. The van der Waals surface area contributed by atoms with Crippen LogP contribution in [0.4, 0.5) is 4.79 Å². The molecule has 1 saturated carbocycles. The van der Waals surface area contributed by atoms with Crippen LogP contribution in [0.25, 0.3) is 10.4 Å². The van der Waals surface area contributed by atoms with Crippen LogP contribution in [0.5, 0.6) is 0 Å². The molecule has 0 aromatic heterocycles. The molecule has 0 radical (unpaired) electrons. The van der Waals surface area contributed by atoms with Gasteiger partial charge in [-0.3, -0.25) is 0 Å². The number of carbonyl (C=O) groups excluding carboxylic acids is 1. The zero-order valence-electron chi connectivity index (χ0n) is 10.1. The highest BCUT2D eigenvalue weighted by atomic mass is 16.6. The minimum Gasteiger partial charge on any atom is -0.457 e. The molecule has 5 heteroatoms. The number of carbonyl (C=O) groups is 1. The van der Waals surface area contributed by atoms with Crippen LogP contribution in [0.3, 0.4) is 0 Å². The quantitative estimate of drug-likeness (QED) is 0.406. The van der Waals surface area contributed by atoms with Crippen molar-refractivity contribution in [3.05, 3.63) is 10.4 Å². The lowest BCUT2D eigenvalue weighted by Gasteiger charge is -2.36. The first-order valence-corrected chi connectivity index (χ1v) is 5.80. The molecule has 0 aromatic carbocycles. The van der Waals surface area contributed by atoms with Crippen molar-refractivity contribution in [3.8, 4) is 0 Å². The summed E-state index contributed by atoms with van der Waals surface area (Å²) in [6.07, 6.45) is 2.23. The van der Waals surface area contributed by atoms with Gasteiger partial charge in [0.05, 0.1) is 0 Å². The topological polar surface area (TPSA) is 75.1 Å². The summed E-state index contributed by atoms with van der Waals surface area (Å²) in [4.78, 5) is 13.6. The number of ether oxygens (including phenoxy) is 1. The van der Waals surface area contributed by atoms with Gasteiger partial charge in [-0.05, 0) is 36.1 Å². The van der Waals surface area contributed by atoms with Crippen molar-refractivity contribution in [1.29, 1.82) is 0 Å². The Kier molecular flexibility index (Phi) is 4.62. The fraction of sp³-hybridized carbons (Fsp3) is 0.909. The third-order valence-corrected chi connectivity index (χ3v) is 3.34. The van der Waals surface area contributed by atoms with Crippen LogP contribution < -0.4 is 0 Å². The van der Waals surface area contributed by atoms with E-state index in [1.807, 2.05) is 0 Å². The molecule has 0 unspecified atom stereocenters. The van der Waals surface area contributed by atoms with E-state index in [1.165, 1.54) is 6.42 Å². The summed E-state index contributed by atoms with van der Waals surface area (Å²) in [6, 6.07) is 0. The first kappa shape index (κ1) is 12.8. The van der Waals surface area contributed by atoms with Crippen LogP contribution in [-0.2, 0) is 4.74 Å². The van der Waals surface area contributed by atoms with Crippen molar-refractivity contribution in [1.82, 2.24) is 0 Å². The van der Waals surface area contributed by atoms with Crippen LogP contribution in [0.2, 0.25) is 0 Å². The van der Waals surface area contributed by atoms with Crippen molar-refractivity contribution in [3.63, 3.8) is 0 Å². The van der Waals surface area contributed by atoms with Gasteiger partial charge in [-0.1, -0.05) is 27.2 Å². The molecule has 0 heterocycles. The Morgan fingerprint density at radius 1 is 1.50 bits per heavy atom. The molecule has 5 nitrogen and oxygen atoms in total. The van der Waals surface area contributed by atoms with Crippen molar-refractivity contribution in [2.24, 2.45) is 22.9 Å². The zero-order chi connectivity index (χ0) is 12.1. The van der Waals surface area contributed by atoms with Crippen LogP contribution in [-0.4, -0.2) is 12.2 Å². The molecular formula is C11H19N3O2. The molecule has 0 aromatic rings. The van der Waals surface area contributed by atoms with Gasteiger partial charge in [-0.2, -0.15) is 0 Å². The molecule has 0 saturated heterocycles. The van der Waals surface area contributed by atoms with Crippen molar-refractivity contribution < 1.29 is 9.53 Å². The molecule has 0 bridgehead atoms. The van der Waals surface area contributed by atoms with Gasteiger partial charge in [0.2, 0.25) is 0 Å². The first-order valence-electron chi connectivity index (χ1n) is 5.80. The molecule has 3 atom stereocenters. The summed E-state index contributed by atoms with van der Waals surface area (Å²) in [5.74, 6) is 1.43. The molecular weight excluding hydrogens is 206 g/mol. The standard InChI is InChI=1S/C11H19N3O2/c1-7(2)9-5-4-8(3)6-10(9)16-11(15)13-14-12/h7-10H,4-6H2,1-3H3/t8-,9+,10-/m1/s1. The smallest absolute Gasteiger partial charge is 0.397 e. The fourth-order valence-electron chi connectivity index (χ4n) is 2.44. The zero-order valence-corrected chi connectivity index (χ0v) is 10.1. The maximum Gasteiger partial charge on any atom is 0.397 e. The van der Waals surface area contributed by atoms with Crippen molar-refractivity contribution in [2.75, 3.05) is 0 Å². The van der Waals surface area contributed by atoms with Crippen LogP contribution in [0.1, 0.15) is 40.0 Å². The highest BCUT2D eigenvalue weighted by Crippen LogP contribution is 2.35. The van der Waals surface area contributed by atoms with E-state index in [0.717, 1.165) is 12.8 Å². The van der Waals surface area contributed by atoms with E-state index < -0.39 is 6.09 Å². The first-order chi connectivity index (χ1) is 7.54. The van der Waals surface area contributed by atoms with Gasteiger partial charge in [0.25, 0.3) is 0 Å². The van der Waals surface area contributed by atoms with E-state index in [1.54, 1.807) is 0 Å². The molecule has 90 valence electrons. The normalized spacial score (nSPS) is 29.6. The van der Waals surface area contributed by atoms with Crippen molar-refractivity contribution >= 4 is 6.09 Å². The lowest BCUT2D eigenvalue weighted by molar-refractivity contribution is 0.0105. The number of nitrogens with zero attached hydrogens (tertiary/aromatic N) is 3. The number of amides is 1. The second-order valence-corrected chi connectivity index (χ2v) is 4.94. The summed E-state index contributed by atoms with van der Waals surface area (Å²) < 4.78 is 5.22. The van der Waals surface area contributed by atoms with E-state index in [9.17, 15) is 4.79 Å². The van der Waals surface area contributed by atoms with Crippen LogP contribution in [0, 0.1) is 17.8 Å². The SMILES string of the molecule is CC(C)[C@@H]1CC[C@@H](C)C[C@H]1OC(=O)N=[N+]=[N-]. The number of hydrogen-bond acceptors (Lipinski definition) is 2. The number of rotatable bonds is 2. The largest absolute Gasteiger partial charge is 0.457 e. The summed E-state index contributed by atoms with van der Waals surface area (Å²) in [6.45, 7) is 6.43. The lowest BCUT2D eigenvalue weighted by Crippen LogP contribution is -2.35. The van der Waals surface area contributed by atoms with E-state index in [0.29, 0.717) is 17.8 Å². The Bertz CT molecular complexity index is 298. The highest BCUT2D eigenvalue weighted by molar-refractivity contribution is 5.68. The Hall–Kier alpha value is -1.22. The summed E-state index contributed by atoms with van der Waals surface area (Å²) in [5, 5.41) is 2.96. The molecule has 1 rings (SSSR count). The summed E-state index contributed by atoms with van der Waals surface area (Å²) in [7, 11) is 0. The third-order valence-electron chi connectivity index (χ3n) is 3.34.